The van der Waals surface area contributed by atoms with Crippen LogP contribution in [0.15, 0.2) is 24.3 Å². The number of aromatic nitrogens is 1. The maximum atomic E-state index is 10.8. The van der Waals surface area contributed by atoms with Gasteiger partial charge in [0.15, 0.2) is 0 Å². The number of fused-ring (bicyclic) bond motifs is 1. The summed E-state index contributed by atoms with van der Waals surface area (Å²) in [6.45, 7) is 0. The van der Waals surface area contributed by atoms with E-state index in [0.29, 0.717) is 15.9 Å². The van der Waals surface area contributed by atoms with Crippen LogP contribution in [-0.4, -0.2) is 16.1 Å². The lowest BCUT2D eigenvalue weighted by molar-refractivity contribution is 0.0697. The topological polar surface area (TPSA) is 50.2 Å². The van der Waals surface area contributed by atoms with E-state index in [2.05, 4.69) is 4.98 Å². The molecule has 0 saturated carbocycles. The molecule has 0 aliphatic heterocycles. The van der Waals surface area contributed by atoms with Crippen LogP contribution in [0.5, 0.6) is 0 Å². The Bertz CT molecular complexity index is 554. The Morgan fingerprint density at radius 3 is 2.73 bits per heavy atom. The zero-order chi connectivity index (χ0) is 11.0. The third-order valence-electron chi connectivity index (χ3n) is 1.98. The number of aromatic carboxylic acids is 1. The van der Waals surface area contributed by atoms with E-state index >= 15 is 0 Å². The lowest BCUT2D eigenvalue weighted by Gasteiger charge is -2.03. The molecule has 0 aliphatic rings. The van der Waals surface area contributed by atoms with Crippen molar-refractivity contribution in [3.63, 3.8) is 0 Å². The fraction of sp³-hybridized carbons (Fsp3) is 0. The van der Waals surface area contributed by atoms with Crippen LogP contribution in [0.1, 0.15) is 10.4 Å². The molecule has 0 amide bonds. The van der Waals surface area contributed by atoms with E-state index in [1.807, 2.05) is 0 Å². The molecule has 0 saturated heterocycles. The van der Waals surface area contributed by atoms with E-state index in [0.717, 1.165) is 0 Å². The molecule has 2 rings (SSSR count). The van der Waals surface area contributed by atoms with Crippen LogP contribution in [0.2, 0.25) is 10.2 Å². The van der Waals surface area contributed by atoms with E-state index in [9.17, 15) is 4.79 Å². The van der Waals surface area contributed by atoms with E-state index in [-0.39, 0.29) is 10.7 Å². The minimum atomic E-state index is -1.10. The first-order valence-corrected chi connectivity index (χ1v) is 4.83. The molecular formula is C10H5Cl2NO2. The van der Waals surface area contributed by atoms with Crippen LogP contribution < -0.4 is 0 Å². The molecule has 0 fully saturated rings. The highest BCUT2D eigenvalue weighted by Gasteiger charge is 2.12. The van der Waals surface area contributed by atoms with Crippen molar-refractivity contribution in [3.8, 4) is 0 Å². The number of carboxylic acid groups (broad SMARTS) is 1. The maximum absolute atomic E-state index is 10.8. The van der Waals surface area contributed by atoms with Gasteiger partial charge in [-0.1, -0.05) is 35.3 Å². The number of hydrogen-bond acceptors (Lipinski definition) is 2. The number of para-hydroxylation sites is 1. The number of hydrogen-bond donors (Lipinski definition) is 1. The second kappa shape index (κ2) is 3.68. The first kappa shape index (κ1) is 10.2. The fourth-order valence-corrected chi connectivity index (χ4v) is 1.73. The normalized spacial score (nSPS) is 10.5. The van der Waals surface area contributed by atoms with Crippen molar-refractivity contribution in [2.75, 3.05) is 0 Å². The molecule has 2 aromatic rings. The number of rotatable bonds is 1. The van der Waals surface area contributed by atoms with Gasteiger partial charge in [-0.3, -0.25) is 0 Å². The van der Waals surface area contributed by atoms with Gasteiger partial charge in [0.25, 0.3) is 0 Å². The standard InChI is InChI=1S/C10H5Cl2NO2/c11-7-3-1-2-5-4-6(10(14)15)9(12)13-8(5)7/h1-4H,(H,14,15). The predicted octanol–water partition coefficient (Wildman–Crippen LogP) is 3.24. The molecule has 1 aromatic heterocycles. The smallest absolute Gasteiger partial charge is 0.338 e. The average Bonchev–Trinajstić information content (AvgIpc) is 2.18. The van der Waals surface area contributed by atoms with Gasteiger partial charge in [-0.05, 0) is 12.1 Å². The van der Waals surface area contributed by atoms with Crippen molar-refractivity contribution in [3.05, 3.63) is 40.0 Å². The third kappa shape index (κ3) is 1.76. The Morgan fingerprint density at radius 1 is 1.33 bits per heavy atom. The first-order chi connectivity index (χ1) is 7.09. The summed E-state index contributed by atoms with van der Waals surface area (Å²) < 4.78 is 0. The molecule has 5 heteroatoms. The van der Waals surface area contributed by atoms with E-state index in [1.165, 1.54) is 6.07 Å². The summed E-state index contributed by atoms with van der Waals surface area (Å²) in [6, 6.07) is 6.59. The molecule has 0 unspecified atom stereocenters. The minimum Gasteiger partial charge on any atom is -0.478 e. The van der Waals surface area contributed by atoms with Crippen molar-refractivity contribution in [2.45, 2.75) is 0 Å². The van der Waals surface area contributed by atoms with Gasteiger partial charge in [0.2, 0.25) is 0 Å². The van der Waals surface area contributed by atoms with Gasteiger partial charge in [-0.2, -0.15) is 0 Å². The quantitative estimate of drug-likeness (QED) is 0.781. The minimum absolute atomic E-state index is 0.0218. The summed E-state index contributed by atoms with van der Waals surface area (Å²) in [4.78, 5) is 14.7. The van der Waals surface area contributed by atoms with Crippen LogP contribution in [0, 0.1) is 0 Å². The van der Waals surface area contributed by atoms with Gasteiger partial charge in [0.05, 0.1) is 16.1 Å². The van der Waals surface area contributed by atoms with Gasteiger partial charge >= 0.3 is 5.97 Å². The zero-order valence-electron chi connectivity index (χ0n) is 7.37. The Hall–Kier alpha value is -1.32. The highest BCUT2D eigenvalue weighted by atomic mass is 35.5. The number of benzene rings is 1. The molecule has 0 bridgehead atoms. The van der Waals surface area contributed by atoms with Crippen LogP contribution >= 0.6 is 23.2 Å². The van der Waals surface area contributed by atoms with Gasteiger partial charge < -0.3 is 5.11 Å². The Balaban J connectivity index is 2.82. The molecule has 15 heavy (non-hydrogen) atoms. The zero-order valence-corrected chi connectivity index (χ0v) is 8.88. The van der Waals surface area contributed by atoms with Crippen molar-refractivity contribution in [2.24, 2.45) is 0 Å². The molecule has 1 heterocycles. The summed E-state index contributed by atoms with van der Waals surface area (Å²) in [6.07, 6.45) is 0. The molecule has 0 radical (unpaired) electrons. The Kier molecular flexibility index (Phi) is 2.50. The largest absolute Gasteiger partial charge is 0.478 e. The number of pyridine rings is 1. The van der Waals surface area contributed by atoms with E-state index in [4.69, 9.17) is 28.3 Å². The fourth-order valence-electron chi connectivity index (χ4n) is 1.29. The second-order valence-electron chi connectivity index (χ2n) is 2.94. The van der Waals surface area contributed by atoms with Crippen molar-refractivity contribution in [1.29, 1.82) is 0 Å². The van der Waals surface area contributed by atoms with Crippen LogP contribution in [0.25, 0.3) is 10.9 Å². The predicted molar refractivity (Wildman–Crippen MR) is 58.7 cm³/mol. The molecule has 76 valence electrons. The van der Waals surface area contributed by atoms with Gasteiger partial charge in [0.1, 0.15) is 5.15 Å². The Morgan fingerprint density at radius 2 is 2.07 bits per heavy atom. The van der Waals surface area contributed by atoms with Crippen molar-refractivity contribution in [1.82, 2.24) is 4.98 Å². The van der Waals surface area contributed by atoms with Crippen molar-refractivity contribution >= 4 is 40.1 Å². The van der Waals surface area contributed by atoms with E-state index in [1.54, 1.807) is 18.2 Å². The van der Waals surface area contributed by atoms with Gasteiger partial charge in [-0.25, -0.2) is 9.78 Å². The molecule has 0 spiro atoms. The van der Waals surface area contributed by atoms with Crippen LogP contribution in [-0.2, 0) is 0 Å². The monoisotopic (exact) mass is 241 g/mol. The molecule has 0 atom stereocenters. The van der Waals surface area contributed by atoms with Crippen LogP contribution in [0.4, 0.5) is 0 Å². The summed E-state index contributed by atoms with van der Waals surface area (Å²) in [5, 5.41) is 9.89. The van der Waals surface area contributed by atoms with Crippen LogP contribution in [0.3, 0.4) is 0 Å². The Labute approximate surface area is 95.3 Å². The average molecular weight is 242 g/mol. The first-order valence-electron chi connectivity index (χ1n) is 4.07. The lowest BCUT2D eigenvalue weighted by Crippen LogP contribution is -1.99. The summed E-state index contributed by atoms with van der Waals surface area (Å²) in [7, 11) is 0. The molecule has 1 aromatic carbocycles. The molecule has 3 nitrogen and oxygen atoms in total. The highest BCUT2D eigenvalue weighted by molar-refractivity contribution is 6.36. The molecular weight excluding hydrogens is 237 g/mol. The van der Waals surface area contributed by atoms with Crippen molar-refractivity contribution < 1.29 is 9.90 Å². The number of carboxylic acids is 1. The number of carbonyl (C=O) groups is 1. The van der Waals surface area contributed by atoms with E-state index < -0.39 is 5.97 Å². The molecule has 1 N–H and O–H groups in total. The summed E-state index contributed by atoms with van der Waals surface area (Å²) in [5.41, 5.74) is 0.487. The highest BCUT2D eigenvalue weighted by Crippen LogP contribution is 2.25. The number of nitrogens with zero attached hydrogens (tertiary/aromatic N) is 1. The number of halogens is 2. The maximum Gasteiger partial charge on any atom is 0.338 e. The van der Waals surface area contributed by atoms with Gasteiger partial charge in [0, 0.05) is 5.39 Å². The van der Waals surface area contributed by atoms with Gasteiger partial charge in [-0.15, -0.1) is 0 Å². The molecule has 0 aliphatic carbocycles. The summed E-state index contributed by atoms with van der Waals surface area (Å²) in [5.74, 6) is -1.10. The second-order valence-corrected chi connectivity index (χ2v) is 3.71. The SMILES string of the molecule is O=C(O)c1cc2cccc(Cl)c2nc1Cl. The summed E-state index contributed by atoms with van der Waals surface area (Å²) >= 11 is 11.6. The lowest BCUT2D eigenvalue weighted by atomic mass is 10.1. The third-order valence-corrected chi connectivity index (χ3v) is 2.57.